The van der Waals surface area contributed by atoms with Gasteiger partial charge in [0.2, 0.25) is 5.91 Å². The molecule has 0 saturated heterocycles. The fourth-order valence-corrected chi connectivity index (χ4v) is 4.59. The molecule has 1 aliphatic rings. The van der Waals surface area contributed by atoms with E-state index in [9.17, 15) is 31.5 Å². The van der Waals surface area contributed by atoms with Gasteiger partial charge in [-0.25, -0.2) is 24.7 Å². The van der Waals surface area contributed by atoms with Gasteiger partial charge in [0.05, 0.1) is 29.3 Å². The molecule has 5 rings (SSSR count). The number of hydrogen-bond acceptors (Lipinski definition) is 9. The number of esters is 1. The normalized spacial score (nSPS) is 18.3. The maximum atomic E-state index is 13.7. The average molecular weight is 594 g/mol. The van der Waals surface area contributed by atoms with Crippen LogP contribution in [0.3, 0.4) is 0 Å². The van der Waals surface area contributed by atoms with Crippen LogP contribution in [-0.2, 0) is 28.3 Å². The highest BCUT2D eigenvalue weighted by Gasteiger charge is 2.56. The van der Waals surface area contributed by atoms with E-state index in [1.807, 2.05) is 0 Å². The molecule has 42 heavy (non-hydrogen) atoms. The van der Waals surface area contributed by atoms with Gasteiger partial charge in [-0.1, -0.05) is 12.1 Å². The van der Waals surface area contributed by atoms with Crippen molar-refractivity contribution in [2.45, 2.75) is 44.2 Å². The molecule has 1 aliphatic heterocycles. The number of nitrogens with zero attached hydrogens (tertiary/aromatic N) is 6. The minimum absolute atomic E-state index is 0.0559. The molecule has 4 heterocycles. The van der Waals surface area contributed by atoms with E-state index in [2.05, 4.69) is 30.4 Å². The first-order chi connectivity index (χ1) is 20.9. The molecule has 0 aliphatic carbocycles. The topological polar surface area (TPSA) is 151 Å². The number of anilines is 2. The van der Waals surface area contributed by atoms with Crippen LogP contribution in [-0.4, -0.2) is 60.3 Å². The van der Waals surface area contributed by atoms with E-state index in [0.29, 0.717) is 10.2 Å². The predicted molar refractivity (Wildman–Crippen MR) is 139 cm³/mol. The first kappa shape index (κ1) is 25.0. The van der Waals surface area contributed by atoms with Crippen molar-refractivity contribution in [1.82, 2.24) is 29.7 Å². The van der Waals surface area contributed by atoms with Crippen LogP contribution in [0.2, 0.25) is 0 Å². The van der Waals surface area contributed by atoms with Crippen LogP contribution in [0.5, 0.6) is 0 Å². The molecule has 1 amide bonds. The number of nitrogens with one attached hydrogen (secondary N) is 1. The zero-order valence-electron chi connectivity index (χ0n) is 24.9. The fraction of sp³-hybridized carbons (Fsp3) is 0.346. The summed E-state index contributed by atoms with van der Waals surface area (Å²) >= 11 is 0. The second kappa shape index (κ2) is 9.95. The first-order valence-electron chi connectivity index (χ1n) is 13.9. The van der Waals surface area contributed by atoms with Gasteiger partial charge in [0, 0.05) is 23.9 Å². The number of alkyl halides is 5. The first-order valence-corrected chi connectivity index (χ1v) is 12.4. The molecule has 1 unspecified atom stereocenters. The molecule has 1 aromatic carbocycles. The van der Waals surface area contributed by atoms with Crippen molar-refractivity contribution >= 4 is 34.5 Å². The highest BCUT2D eigenvalue weighted by atomic mass is 19.4. The number of benzene rings is 1. The molecule has 0 spiro atoms. The zero-order valence-corrected chi connectivity index (χ0v) is 21.9. The third-order valence-corrected chi connectivity index (χ3v) is 6.86. The van der Waals surface area contributed by atoms with Crippen molar-refractivity contribution in [3.8, 4) is 11.5 Å². The number of rotatable bonds is 7. The Kier molecular flexibility index (Phi) is 5.92. The van der Waals surface area contributed by atoms with Crippen LogP contribution >= 0.6 is 0 Å². The summed E-state index contributed by atoms with van der Waals surface area (Å²) in [6, 6.07) is 6.02. The van der Waals surface area contributed by atoms with Crippen molar-refractivity contribution in [1.29, 1.82) is 0 Å². The van der Waals surface area contributed by atoms with Crippen molar-refractivity contribution < 1.29 is 40.4 Å². The van der Waals surface area contributed by atoms with Gasteiger partial charge in [0.25, 0.3) is 0 Å². The Morgan fingerprint density at radius 2 is 1.86 bits per heavy atom. The molecule has 0 bridgehead atoms. The van der Waals surface area contributed by atoms with Crippen LogP contribution in [0.1, 0.15) is 51.7 Å². The number of aryl methyl sites for hydroxylation is 2. The summed E-state index contributed by atoms with van der Waals surface area (Å²) in [7, 11) is 0. The monoisotopic (exact) mass is 593 g/mol. The Balaban J connectivity index is 1.61. The minimum Gasteiger partial charge on any atom is -0.462 e. The number of nitrogen functional groups attached to an aromatic ring is 1. The predicted octanol–water partition coefficient (Wildman–Crippen LogP) is 3.97. The van der Waals surface area contributed by atoms with Crippen molar-refractivity contribution in [2.24, 2.45) is 6.98 Å². The summed E-state index contributed by atoms with van der Waals surface area (Å²) in [6.45, 7) is 0.469. The fourth-order valence-electron chi connectivity index (χ4n) is 4.59. The molecule has 0 fully saturated rings. The van der Waals surface area contributed by atoms with E-state index in [4.69, 9.17) is 14.6 Å². The number of carbonyl (C=O) groups excluding carboxylic acids is 2. The second-order valence-corrected chi connectivity index (χ2v) is 9.52. The van der Waals surface area contributed by atoms with Crippen molar-refractivity contribution in [3.05, 3.63) is 53.0 Å². The Bertz CT molecular complexity index is 1830. The molecular formula is C26H23F5N8O3. The minimum atomic E-state index is -5.83. The van der Waals surface area contributed by atoms with E-state index in [-0.39, 0.29) is 46.3 Å². The number of ether oxygens (including phenoxy) is 1. The quantitative estimate of drug-likeness (QED) is 0.240. The molecule has 3 N–H and O–H groups in total. The zero-order chi connectivity index (χ0) is 33.1. The molecule has 220 valence electrons. The highest BCUT2D eigenvalue weighted by Crippen LogP contribution is 2.45. The van der Waals surface area contributed by atoms with Crippen molar-refractivity contribution in [3.63, 3.8) is 0 Å². The number of halogens is 5. The van der Waals surface area contributed by atoms with Gasteiger partial charge in [0.1, 0.15) is 28.6 Å². The summed E-state index contributed by atoms with van der Waals surface area (Å²) in [5, 5.41) is 6.31. The Morgan fingerprint density at radius 1 is 1.14 bits per heavy atom. The van der Waals surface area contributed by atoms with Gasteiger partial charge in [-0.15, -0.1) is 0 Å². The van der Waals surface area contributed by atoms with Gasteiger partial charge < -0.3 is 15.8 Å². The lowest BCUT2D eigenvalue weighted by atomic mass is 9.77. The van der Waals surface area contributed by atoms with Crippen LogP contribution in [0.25, 0.3) is 22.6 Å². The standard InChI is InChI=1S/C26H23F5N8O3/c1-4-42-22(40)12-5-7-13(8-6-12)24(2)16-18(32)36-20(37-19(16)38-23(24)41)17-14-11-33-39(3)21(14)35-15(34-17)9-10-25(27,28)26(29,30)31/h5-8,11H,4,9-10H2,1-3H3,(H3,32,36,37,38,41)/i3D3. The largest absolute Gasteiger partial charge is 0.462 e. The van der Waals surface area contributed by atoms with E-state index in [0.717, 1.165) is 6.20 Å². The molecule has 16 heteroatoms. The van der Waals surface area contributed by atoms with E-state index in [1.54, 1.807) is 13.8 Å². The average Bonchev–Trinajstić information content (AvgIpc) is 3.50. The summed E-state index contributed by atoms with van der Waals surface area (Å²) in [4.78, 5) is 42.0. The summed E-state index contributed by atoms with van der Waals surface area (Å²) in [5.74, 6) is -7.34. The lowest BCUT2D eigenvalue weighted by Crippen LogP contribution is -2.36. The van der Waals surface area contributed by atoms with Gasteiger partial charge in [0.15, 0.2) is 11.5 Å². The summed E-state index contributed by atoms with van der Waals surface area (Å²) < 4.78 is 94.5. The maximum absolute atomic E-state index is 13.7. The SMILES string of the molecule is [2H]C([2H])([2H])n1ncc2c(-c3nc(N)c4c(n3)NC(=O)C4(C)c3ccc(C(=O)OCC)cc3)nc(CCC(F)(F)C(F)(F)F)nc21. The molecule has 0 radical (unpaired) electrons. The van der Waals surface area contributed by atoms with Gasteiger partial charge in [-0.05, 0) is 31.5 Å². The Labute approximate surface area is 238 Å². The third kappa shape index (κ3) is 4.65. The van der Waals surface area contributed by atoms with Gasteiger partial charge in [-0.2, -0.15) is 27.1 Å². The molecule has 11 nitrogen and oxygen atoms in total. The number of carbonyl (C=O) groups is 2. The summed E-state index contributed by atoms with van der Waals surface area (Å²) in [6.07, 6.45) is -7.51. The molecule has 1 atom stereocenters. The number of hydrogen-bond donors (Lipinski definition) is 2. The molecule has 0 saturated carbocycles. The number of amides is 1. The number of fused-ring (bicyclic) bond motifs is 2. The smallest absolute Gasteiger partial charge is 0.453 e. The lowest BCUT2D eigenvalue weighted by Gasteiger charge is -2.23. The van der Waals surface area contributed by atoms with Crippen LogP contribution in [0.4, 0.5) is 33.6 Å². The van der Waals surface area contributed by atoms with Crippen molar-refractivity contribution in [2.75, 3.05) is 17.7 Å². The van der Waals surface area contributed by atoms with E-state index < -0.39 is 60.7 Å². The van der Waals surface area contributed by atoms with E-state index >= 15 is 0 Å². The highest BCUT2D eigenvalue weighted by molar-refractivity contribution is 6.09. The lowest BCUT2D eigenvalue weighted by molar-refractivity contribution is -0.284. The van der Waals surface area contributed by atoms with Gasteiger partial charge >= 0.3 is 18.1 Å². The third-order valence-electron chi connectivity index (χ3n) is 6.86. The number of aromatic nitrogens is 6. The maximum Gasteiger partial charge on any atom is 0.453 e. The summed E-state index contributed by atoms with van der Waals surface area (Å²) in [5.41, 5.74) is 5.05. The Morgan fingerprint density at radius 3 is 2.50 bits per heavy atom. The Hall–Kier alpha value is -4.76. The van der Waals surface area contributed by atoms with Crippen LogP contribution in [0.15, 0.2) is 30.5 Å². The van der Waals surface area contributed by atoms with E-state index in [1.165, 1.54) is 24.3 Å². The van der Waals surface area contributed by atoms with Gasteiger partial charge in [-0.3, -0.25) is 9.48 Å². The number of nitrogens with two attached hydrogens (primary N) is 1. The van der Waals surface area contributed by atoms with Crippen LogP contribution in [0, 0.1) is 0 Å². The van der Waals surface area contributed by atoms with Crippen LogP contribution < -0.4 is 11.1 Å². The molecule has 4 aromatic rings. The molecule has 3 aromatic heterocycles. The molecular weight excluding hydrogens is 567 g/mol. The second-order valence-electron chi connectivity index (χ2n) is 9.52.